The fourth-order valence-corrected chi connectivity index (χ4v) is 2.47. The molecular weight excluding hydrogens is 414 g/mol. The molecule has 0 unspecified atom stereocenters. The van der Waals surface area contributed by atoms with Crippen LogP contribution >= 0.6 is 11.6 Å². The first-order valence-corrected chi connectivity index (χ1v) is 9.11. The first-order valence-electron chi connectivity index (χ1n) is 8.73. The van der Waals surface area contributed by atoms with Crippen LogP contribution in [0.25, 0.3) is 0 Å². The number of hydrogen-bond acceptors (Lipinski definition) is 6. The summed E-state index contributed by atoms with van der Waals surface area (Å²) < 4.78 is 9.94. The van der Waals surface area contributed by atoms with Crippen LogP contribution in [-0.2, 0) is 19.1 Å². The lowest BCUT2D eigenvalue weighted by molar-refractivity contribution is -0.150. The molecule has 0 radical (unpaired) electrons. The number of esters is 1. The van der Waals surface area contributed by atoms with Gasteiger partial charge in [0.25, 0.3) is 11.8 Å². The molecule has 0 saturated carbocycles. The fourth-order valence-electron chi connectivity index (χ4n) is 2.35. The summed E-state index contributed by atoms with van der Waals surface area (Å²) in [5.41, 5.74) is 5.84. The van der Waals surface area contributed by atoms with Gasteiger partial charge in [0.2, 0.25) is 5.91 Å². The van der Waals surface area contributed by atoms with Gasteiger partial charge in [-0.1, -0.05) is 11.6 Å². The van der Waals surface area contributed by atoms with Gasteiger partial charge in [0, 0.05) is 16.3 Å². The summed E-state index contributed by atoms with van der Waals surface area (Å²) in [4.78, 5) is 47.8. The first-order chi connectivity index (χ1) is 14.3. The van der Waals surface area contributed by atoms with Crippen LogP contribution in [0.4, 0.5) is 5.69 Å². The molecule has 0 bridgehead atoms. The smallest absolute Gasteiger partial charge is 0.329 e. The maximum absolute atomic E-state index is 12.3. The molecule has 158 valence electrons. The third-order valence-corrected chi connectivity index (χ3v) is 4.07. The van der Waals surface area contributed by atoms with Crippen molar-refractivity contribution in [3.63, 3.8) is 0 Å². The predicted octanol–water partition coefficient (Wildman–Crippen LogP) is 1.50. The van der Waals surface area contributed by atoms with E-state index < -0.39 is 42.8 Å². The number of carbonyl (C=O) groups is 4. The zero-order chi connectivity index (χ0) is 22.1. The van der Waals surface area contributed by atoms with Crippen LogP contribution in [0.2, 0.25) is 5.02 Å². The molecule has 10 heteroatoms. The summed E-state index contributed by atoms with van der Waals surface area (Å²) in [7, 11) is 1.52. The van der Waals surface area contributed by atoms with E-state index in [1.807, 2.05) is 0 Å². The Bertz CT molecular complexity index is 915. The van der Waals surface area contributed by atoms with Gasteiger partial charge in [0.15, 0.2) is 6.61 Å². The molecule has 0 aliphatic rings. The molecule has 2 aromatic carbocycles. The van der Waals surface area contributed by atoms with Gasteiger partial charge in [-0.05, 0) is 48.5 Å². The Labute approximate surface area is 177 Å². The zero-order valence-electron chi connectivity index (χ0n) is 16.0. The molecule has 9 nitrogen and oxygen atoms in total. The summed E-state index contributed by atoms with van der Waals surface area (Å²) in [5.74, 6) is -2.41. The average molecular weight is 434 g/mol. The standard InChI is InChI=1S/C20H20ClN3O6/c1-29-15-8-6-14(7-9-15)23-18(26)11-30-20(28)16(10-17(22)25)24-19(27)12-2-4-13(21)5-3-12/h2-9,16H,10-11H2,1H3,(H2,22,25)(H,23,26)(H,24,27)/t16-/m0/s1. The van der Waals surface area contributed by atoms with Crippen molar-refractivity contribution in [2.75, 3.05) is 19.0 Å². The number of amides is 3. The highest BCUT2D eigenvalue weighted by Crippen LogP contribution is 2.15. The first kappa shape index (κ1) is 22.7. The molecular formula is C20H20ClN3O6. The number of anilines is 1. The Kier molecular flexibility index (Phi) is 8.18. The molecule has 2 aromatic rings. The van der Waals surface area contributed by atoms with Gasteiger partial charge in [-0.3, -0.25) is 14.4 Å². The third-order valence-electron chi connectivity index (χ3n) is 3.82. The van der Waals surface area contributed by atoms with Crippen LogP contribution < -0.4 is 21.1 Å². The number of carbonyl (C=O) groups excluding carboxylic acids is 4. The van der Waals surface area contributed by atoms with Crippen molar-refractivity contribution in [2.45, 2.75) is 12.5 Å². The van der Waals surface area contributed by atoms with Crippen molar-refractivity contribution < 1.29 is 28.7 Å². The van der Waals surface area contributed by atoms with E-state index in [1.54, 1.807) is 24.3 Å². The quantitative estimate of drug-likeness (QED) is 0.512. The zero-order valence-corrected chi connectivity index (χ0v) is 16.8. The van der Waals surface area contributed by atoms with E-state index in [0.717, 1.165) is 0 Å². The largest absolute Gasteiger partial charge is 0.497 e. The van der Waals surface area contributed by atoms with Crippen molar-refractivity contribution in [3.8, 4) is 5.75 Å². The molecule has 3 amide bonds. The van der Waals surface area contributed by atoms with Crippen molar-refractivity contribution in [3.05, 3.63) is 59.1 Å². The van der Waals surface area contributed by atoms with Crippen LogP contribution in [-0.4, -0.2) is 43.4 Å². The Morgan fingerprint density at radius 2 is 1.67 bits per heavy atom. The number of rotatable bonds is 9. The molecule has 1 atom stereocenters. The van der Waals surface area contributed by atoms with E-state index in [2.05, 4.69) is 10.6 Å². The van der Waals surface area contributed by atoms with E-state index in [-0.39, 0.29) is 5.56 Å². The number of ether oxygens (including phenoxy) is 2. The van der Waals surface area contributed by atoms with Crippen LogP contribution in [0.3, 0.4) is 0 Å². The summed E-state index contributed by atoms with van der Waals surface area (Å²) in [6.45, 7) is -0.614. The van der Waals surface area contributed by atoms with E-state index in [9.17, 15) is 19.2 Å². The maximum Gasteiger partial charge on any atom is 0.329 e. The fraction of sp³-hybridized carbons (Fsp3) is 0.200. The van der Waals surface area contributed by atoms with E-state index >= 15 is 0 Å². The number of nitrogens with one attached hydrogen (secondary N) is 2. The Hall–Kier alpha value is -3.59. The van der Waals surface area contributed by atoms with E-state index in [1.165, 1.54) is 31.4 Å². The topological polar surface area (TPSA) is 137 Å². The number of primary amides is 1. The van der Waals surface area contributed by atoms with Gasteiger partial charge in [-0.15, -0.1) is 0 Å². The maximum atomic E-state index is 12.3. The molecule has 4 N–H and O–H groups in total. The molecule has 0 heterocycles. The molecule has 0 fully saturated rings. The normalized spacial score (nSPS) is 11.1. The molecule has 2 rings (SSSR count). The summed E-state index contributed by atoms with van der Waals surface area (Å²) in [5, 5.41) is 5.34. The van der Waals surface area contributed by atoms with E-state index in [0.29, 0.717) is 16.5 Å². The second kappa shape index (κ2) is 10.8. The minimum absolute atomic E-state index is 0.221. The van der Waals surface area contributed by atoms with E-state index in [4.69, 9.17) is 26.8 Å². The second-order valence-electron chi connectivity index (χ2n) is 6.09. The Morgan fingerprint density at radius 3 is 2.23 bits per heavy atom. The number of methoxy groups -OCH3 is 1. The lowest BCUT2D eigenvalue weighted by Gasteiger charge is -2.16. The van der Waals surface area contributed by atoms with Gasteiger partial charge in [-0.25, -0.2) is 4.79 Å². The van der Waals surface area contributed by atoms with Gasteiger partial charge < -0.3 is 25.8 Å². The molecule has 0 spiro atoms. The highest BCUT2D eigenvalue weighted by atomic mass is 35.5. The third kappa shape index (κ3) is 7.10. The van der Waals surface area contributed by atoms with Crippen molar-refractivity contribution in [2.24, 2.45) is 5.73 Å². The van der Waals surface area contributed by atoms with Crippen molar-refractivity contribution in [1.29, 1.82) is 0 Å². The number of hydrogen-bond donors (Lipinski definition) is 3. The van der Waals surface area contributed by atoms with Gasteiger partial charge in [0.05, 0.1) is 13.5 Å². The number of benzene rings is 2. The molecule has 0 aliphatic heterocycles. The molecule has 0 aliphatic carbocycles. The number of halogens is 1. The van der Waals surface area contributed by atoms with Crippen LogP contribution in [0, 0.1) is 0 Å². The highest BCUT2D eigenvalue weighted by Gasteiger charge is 2.25. The van der Waals surface area contributed by atoms with Crippen LogP contribution in [0.5, 0.6) is 5.75 Å². The summed E-state index contributed by atoms with van der Waals surface area (Å²) >= 11 is 5.77. The lowest BCUT2D eigenvalue weighted by atomic mass is 10.1. The molecule has 30 heavy (non-hydrogen) atoms. The number of nitrogens with two attached hydrogens (primary N) is 1. The van der Waals surface area contributed by atoms with Crippen LogP contribution in [0.15, 0.2) is 48.5 Å². The SMILES string of the molecule is COc1ccc(NC(=O)COC(=O)[C@H](CC(N)=O)NC(=O)c2ccc(Cl)cc2)cc1. The van der Waals surface area contributed by atoms with Gasteiger partial charge in [-0.2, -0.15) is 0 Å². The Balaban J connectivity index is 1.93. The Morgan fingerprint density at radius 1 is 1.03 bits per heavy atom. The lowest BCUT2D eigenvalue weighted by Crippen LogP contribution is -2.44. The molecule has 0 saturated heterocycles. The van der Waals surface area contributed by atoms with Crippen LogP contribution in [0.1, 0.15) is 16.8 Å². The minimum Gasteiger partial charge on any atom is -0.497 e. The minimum atomic E-state index is -1.35. The predicted molar refractivity (Wildman–Crippen MR) is 109 cm³/mol. The average Bonchev–Trinajstić information content (AvgIpc) is 2.72. The highest BCUT2D eigenvalue weighted by molar-refractivity contribution is 6.30. The molecule has 0 aromatic heterocycles. The van der Waals surface area contributed by atoms with Gasteiger partial charge >= 0.3 is 5.97 Å². The van der Waals surface area contributed by atoms with Crippen molar-refractivity contribution >= 4 is 41.0 Å². The summed E-state index contributed by atoms with van der Waals surface area (Å²) in [6.07, 6.45) is -0.488. The van der Waals surface area contributed by atoms with Crippen molar-refractivity contribution in [1.82, 2.24) is 5.32 Å². The van der Waals surface area contributed by atoms with Gasteiger partial charge in [0.1, 0.15) is 11.8 Å². The second-order valence-corrected chi connectivity index (χ2v) is 6.52. The summed E-state index contributed by atoms with van der Waals surface area (Å²) in [6, 6.07) is 11.1. The monoisotopic (exact) mass is 433 g/mol.